The molecule has 0 N–H and O–H groups in total. The summed E-state index contributed by atoms with van der Waals surface area (Å²) in [5, 5.41) is 0. The molecule has 3 rings (SSSR count). The number of unbranched alkanes of at least 4 members (excludes halogenated alkanes) is 4. The number of carbonyl (C=O) groups is 1. The molecule has 0 aromatic carbocycles. The van der Waals surface area contributed by atoms with Crippen LogP contribution >= 0.6 is 0 Å². The van der Waals surface area contributed by atoms with Gasteiger partial charge in [-0.3, -0.25) is 4.79 Å². The minimum absolute atomic E-state index is 0.163. The van der Waals surface area contributed by atoms with Gasteiger partial charge in [0.2, 0.25) is 5.79 Å². The molecule has 0 amide bonds. The molecule has 0 radical (unpaired) electrons. The van der Waals surface area contributed by atoms with Gasteiger partial charge in [0, 0.05) is 6.42 Å². The fraction of sp³-hybridized carbons (Fsp3) is 0.938. The van der Waals surface area contributed by atoms with Crippen molar-refractivity contribution in [1.82, 2.24) is 0 Å². The van der Waals surface area contributed by atoms with Gasteiger partial charge in [0.05, 0.1) is 19.8 Å². The van der Waals surface area contributed by atoms with Crippen LogP contribution in [-0.2, 0) is 28.5 Å². The largest absolute Gasteiger partial charge is 0.457 e. The molecule has 0 unspecified atom stereocenters. The highest BCUT2D eigenvalue weighted by atomic mass is 16.8. The van der Waals surface area contributed by atoms with E-state index >= 15 is 0 Å². The quantitative estimate of drug-likeness (QED) is 0.527. The van der Waals surface area contributed by atoms with Gasteiger partial charge in [-0.2, -0.15) is 0 Å². The van der Waals surface area contributed by atoms with Crippen LogP contribution in [0.2, 0.25) is 0 Å². The average Bonchev–Trinajstić information content (AvgIpc) is 3.20. The van der Waals surface area contributed by atoms with Crippen molar-refractivity contribution in [2.45, 2.75) is 69.5 Å². The number of fused-ring (bicyclic) bond motifs is 2. The first-order valence-corrected chi connectivity index (χ1v) is 8.46. The Bertz CT molecular complexity index is 379. The fourth-order valence-corrected chi connectivity index (χ4v) is 3.37. The van der Waals surface area contributed by atoms with Crippen LogP contribution in [0.5, 0.6) is 0 Å². The third-order valence-electron chi connectivity index (χ3n) is 4.56. The Morgan fingerprint density at radius 1 is 1.14 bits per heavy atom. The van der Waals surface area contributed by atoms with Crippen molar-refractivity contribution in [3.05, 3.63) is 0 Å². The molecule has 22 heavy (non-hydrogen) atoms. The number of hydrogen-bond acceptors (Lipinski definition) is 6. The maximum Gasteiger partial charge on any atom is 0.306 e. The molecule has 0 saturated carbocycles. The van der Waals surface area contributed by atoms with Gasteiger partial charge < -0.3 is 23.7 Å². The summed E-state index contributed by atoms with van der Waals surface area (Å²) in [6, 6.07) is 0. The maximum absolute atomic E-state index is 11.9. The second-order valence-electron chi connectivity index (χ2n) is 6.23. The van der Waals surface area contributed by atoms with E-state index < -0.39 is 5.79 Å². The van der Waals surface area contributed by atoms with Crippen LogP contribution < -0.4 is 0 Å². The Labute approximate surface area is 131 Å². The fourth-order valence-electron chi connectivity index (χ4n) is 3.37. The average molecular weight is 314 g/mol. The monoisotopic (exact) mass is 314 g/mol. The van der Waals surface area contributed by atoms with Crippen LogP contribution in [0.15, 0.2) is 0 Å². The van der Waals surface area contributed by atoms with E-state index in [2.05, 4.69) is 6.92 Å². The normalized spacial score (nSPS) is 32.5. The Hall–Kier alpha value is -0.690. The van der Waals surface area contributed by atoms with Crippen LogP contribution in [0.1, 0.15) is 45.4 Å². The molecule has 3 aliphatic rings. The van der Waals surface area contributed by atoms with Crippen LogP contribution in [0.3, 0.4) is 0 Å². The van der Waals surface area contributed by atoms with Crippen molar-refractivity contribution in [1.29, 1.82) is 0 Å². The topological polar surface area (TPSA) is 63.2 Å². The molecule has 3 saturated heterocycles. The van der Waals surface area contributed by atoms with Crippen LogP contribution in [0, 0.1) is 0 Å². The Morgan fingerprint density at radius 3 is 2.68 bits per heavy atom. The SMILES string of the molecule is CCCCCCCC(=O)O[C@@H]1CO[C@H]2[C@@H]1OCC21OCCO1. The Kier molecular flexibility index (Phi) is 5.33. The number of hydrogen-bond donors (Lipinski definition) is 0. The van der Waals surface area contributed by atoms with Crippen molar-refractivity contribution in [3.8, 4) is 0 Å². The summed E-state index contributed by atoms with van der Waals surface area (Å²) < 4.78 is 28.3. The molecule has 3 fully saturated rings. The summed E-state index contributed by atoms with van der Waals surface area (Å²) in [4.78, 5) is 11.9. The van der Waals surface area contributed by atoms with Crippen LogP contribution in [0.25, 0.3) is 0 Å². The Balaban J connectivity index is 1.42. The van der Waals surface area contributed by atoms with E-state index in [1.54, 1.807) is 0 Å². The van der Waals surface area contributed by atoms with Gasteiger partial charge in [0.25, 0.3) is 0 Å². The van der Waals surface area contributed by atoms with E-state index in [-0.39, 0.29) is 24.3 Å². The van der Waals surface area contributed by atoms with E-state index in [4.69, 9.17) is 23.7 Å². The van der Waals surface area contributed by atoms with Gasteiger partial charge in [-0.15, -0.1) is 0 Å². The summed E-state index contributed by atoms with van der Waals surface area (Å²) >= 11 is 0. The molecule has 1 spiro atoms. The highest BCUT2D eigenvalue weighted by Crippen LogP contribution is 2.40. The minimum atomic E-state index is -0.786. The summed E-state index contributed by atoms with van der Waals surface area (Å²) in [6.07, 6.45) is 5.13. The van der Waals surface area contributed by atoms with Crippen molar-refractivity contribution >= 4 is 5.97 Å². The van der Waals surface area contributed by atoms with Crippen molar-refractivity contribution in [3.63, 3.8) is 0 Å². The van der Waals surface area contributed by atoms with Gasteiger partial charge in [-0.25, -0.2) is 0 Å². The molecule has 0 aromatic heterocycles. The molecule has 3 aliphatic heterocycles. The predicted octanol–water partition coefficient (Wildman–Crippen LogP) is 1.80. The molecule has 6 nitrogen and oxygen atoms in total. The van der Waals surface area contributed by atoms with E-state index in [9.17, 15) is 4.79 Å². The van der Waals surface area contributed by atoms with Crippen molar-refractivity contribution < 1.29 is 28.5 Å². The molecule has 0 aromatic rings. The van der Waals surface area contributed by atoms with Gasteiger partial charge in [-0.05, 0) is 6.42 Å². The zero-order valence-corrected chi connectivity index (χ0v) is 13.3. The number of rotatable bonds is 7. The molecule has 0 bridgehead atoms. The van der Waals surface area contributed by atoms with Crippen LogP contribution in [-0.4, -0.2) is 56.5 Å². The van der Waals surface area contributed by atoms with Crippen LogP contribution in [0.4, 0.5) is 0 Å². The molecular weight excluding hydrogens is 288 g/mol. The first-order chi connectivity index (χ1) is 10.7. The molecule has 6 heteroatoms. The van der Waals surface area contributed by atoms with E-state index in [1.165, 1.54) is 19.3 Å². The zero-order valence-electron chi connectivity index (χ0n) is 13.3. The lowest BCUT2D eigenvalue weighted by Gasteiger charge is -2.25. The number of esters is 1. The molecular formula is C16H26O6. The van der Waals surface area contributed by atoms with E-state index in [0.29, 0.717) is 32.8 Å². The van der Waals surface area contributed by atoms with Gasteiger partial charge in [0.15, 0.2) is 6.10 Å². The lowest BCUT2D eigenvalue weighted by molar-refractivity contribution is -0.207. The molecule has 126 valence electrons. The van der Waals surface area contributed by atoms with E-state index in [0.717, 1.165) is 12.8 Å². The van der Waals surface area contributed by atoms with E-state index in [1.807, 2.05) is 0 Å². The highest BCUT2D eigenvalue weighted by Gasteiger charge is 2.61. The zero-order chi connectivity index (χ0) is 15.4. The summed E-state index contributed by atoms with van der Waals surface area (Å²) in [6.45, 7) is 3.98. The first-order valence-electron chi connectivity index (χ1n) is 8.46. The highest BCUT2D eigenvalue weighted by molar-refractivity contribution is 5.69. The third kappa shape index (κ3) is 3.30. The smallest absolute Gasteiger partial charge is 0.306 e. The van der Waals surface area contributed by atoms with Gasteiger partial charge >= 0.3 is 5.97 Å². The predicted molar refractivity (Wildman–Crippen MR) is 77.4 cm³/mol. The molecule has 3 heterocycles. The maximum atomic E-state index is 11.9. The minimum Gasteiger partial charge on any atom is -0.457 e. The standard InChI is InChI=1S/C16H26O6/c1-2-3-4-5-6-7-13(17)22-12-10-18-15-14(12)19-11-16(15)20-8-9-21-16/h12,14-15H,2-11H2,1H3/t12-,14-,15+/m1/s1. The molecule has 3 atom stereocenters. The second-order valence-corrected chi connectivity index (χ2v) is 6.23. The summed E-state index contributed by atoms with van der Waals surface area (Å²) in [5.41, 5.74) is 0. The summed E-state index contributed by atoms with van der Waals surface area (Å²) in [7, 11) is 0. The lowest BCUT2D eigenvalue weighted by Crippen LogP contribution is -2.45. The van der Waals surface area contributed by atoms with Gasteiger partial charge in [0.1, 0.15) is 18.8 Å². The number of ether oxygens (including phenoxy) is 5. The van der Waals surface area contributed by atoms with Crippen molar-refractivity contribution in [2.75, 3.05) is 26.4 Å². The first kappa shape index (κ1) is 16.2. The summed E-state index contributed by atoms with van der Waals surface area (Å²) in [5.74, 6) is -0.949. The molecule has 0 aliphatic carbocycles. The second kappa shape index (κ2) is 7.25. The number of carbonyl (C=O) groups excluding carboxylic acids is 1. The van der Waals surface area contributed by atoms with Crippen molar-refractivity contribution in [2.24, 2.45) is 0 Å². The lowest BCUT2D eigenvalue weighted by atomic mass is 10.1. The van der Waals surface area contributed by atoms with Gasteiger partial charge in [-0.1, -0.05) is 32.6 Å². The Morgan fingerprint density at radius 2 is 1.91 bits per heavy atom. The third-order valence-corrected chi connectivity index (χ3v) is 4.56.